The monoisotopic (exact) mass is 306 g/mol. The highest BCUT2D eigenvalue weighted by Gasteiger charge is 2.13. The van der Waals surface area contributed by atoms with Crippen LogP contribution in [0.5, 0.6) is 0 Å². The average Bonchev–Trinajstić information content (AvgIpc) is 3.04. The van der Waals surface area contributed by atoms with Gasteiger partial charge in [0, 0.05) is 23.7 Å². The molecule has 0 aliphatic heterocycles. The third-order valence-electron chi connectivity index (χ3n) is 3.90. The van der Waals surface area contributed by atoms with Crippen molar-refractivity contribution in [3.8, 4) is 0 Å². The molecule has 0 spiro atoms. The maximum absolute atomic E-state index is 4.69. The van der Waals surface area contributed by atoms with Crippen LogP contribution in [0.25, 0.3) is 0 Å². The second kappa shape index (κ2) is 7.18. The summed E-state index contributed by atoms with van der Waals surface area (Å²) in [7, 11) is 0. The molecular weight excluding hydrogens is 280 g/mol. The fourth-order valence-electron chi connectivity index (χ4n) is 2.64. The minimum Gasteiger partial charge on any atom is -0.304 e. The Balaban J connectivity index is 1.95. The van der Waals surface area contributed by atoms with Crippen molar-refractivity contribution in [1.29, 1.82) is 0 Å². The lowest BCUT2D eigenvalue weighted by atomic mass is 10.2. The fraction of sp³-hybridized carbons (Fsp3) is 0.625. The van der Waals surface area contributed by atoms with Crippen LogP contribution >= 0.6 is 11.3 Å². The lowest BCUT2D eigenvalue weighted by Gasteiger charge is -2.13. The third-order valence-corrected chi connectivity index (χ3v) is 5.16. The van der Waals surface area contributed by atoms with Gasteiger partial charge in [0.15, 0.2) is 0 Å². The maximum atomic E-state index is 4.69. The van der Waals surface area contributed by atoms with Crippen molar-refractivity contribution in [1.82, 2.24) is 20.1 Å². The summed E-state index contributed by atoms with van der Waals surface area (Å²) in [4.78, 5) is 5.82. The Morgan fingerprint density at radius 1 is 1.29 bits per heavy atom. The zero-order valence-electron chi connectivity index (χ0n) is 13.7. The SMILES string of the molecule is CCC(CC)n1ccc(CNC(C)c2sc(C)nc2C)n1. The van der Waals surface area contributed by atoms with E-state index in [1.165, 1.54) is 4.88 Å². The van der Waals surface area contributed by atoms with Crippen molar-refractivity contribution in [2.24, 2.45) is 0 Å². The van der Waals surface area contributed by atoms with Crippen LogP contribution in [0.4, 0.5) is 0 Å². The minimum absolute atomic E-state index is 0.314. The van der Waals surface area contributed by atoms with E-state index in [-0.39, 0.29) is 0 Å². The molecule has 2 heterocycles. The van der Waals surface area contributed by atoms with Gasteiger partial charge in [-0.2, -0.15) is 5.10 Å². The van der Waals surface area contributed by atoms with E-state index < -0.39 is 0 Å². The lowest BCUT2D eigenvalue weighted by Crippen LogP contribution is -2.18. The summed E-state index contributed by atoms with van der Waals surface area (Å²) in [5.74, 6) is 0. The molecule has 5 heteroatoms. The molecule has 2 aromatic rings. The molecule has 0 amide bonds. The fourth-order valence-corrected chi connectivity index (χ4v) is 3.59. The van der Waals surface area contributed by atoms with Crippen LogP contribution in [0.2, 0.25) is 0 Å². The molecule has 0 saturated heterocycles. The highest BCUT2D eigenvalue weighted by Crippen LogP contribution is 2.24. The molecule has 1 N–H and O–H groups in total. The van der Waals surface area contributed by atoms with Gasteiger partial charge in [-0.25, -0.2) is 4.98 Å². The van der Waals surface area contributed by atoms with Crippen LogP contribution in [-0.2, 0) is 6.54 Å². The number of hydrogen-bond acceptors (Lipinski definition) is 4. The molecule has 4 nitrogen and oxygen atoms in total. The second-order valence-electron chi connectivity index (χ2n) is 5.54. The highest BCUT2D eigenvalue weighted by atomic mass is 32.1. The summed E-state index contributed by atoms with van der Waals surface area (Å²) in [6.45, 7) is 11.6. The van der Waals surface area contributed by atoms with Gasteiger partial charge >= 0.3 is 0 Å². The zero-order valence-corrected chi connectivity index (χ0v) is 14.5. The average molecular weight is 306 g/mol. The Labute approximate surface area is 131 Å². The van der Waals surface area contributed by atoms with Gasteiger partial charge in [0.25, 0.3) is 0 Å². The Hall–Kier alpha value is -1.20. The molecule has 2 rings (SSSR count). The number of aryl methyl sites for hydroxylation is 2. The molecule has 0 bridgehead atoms. The van der Waals surface area contributed by atoms with Crippen LogP contribution in [-0.4, -0.2) is 14.8 Å². The quantitative estimate of drug-likeness (QED) is 0.835. The molecule has 2 aromatic heterocycles. The summed E-state index contributed by atoms with van der Waals surface area (Å²) in [5.41, 5.74) is 2.24. The van der Waals surface area contributed by atoms with E-state index in [1.54, 1.807) is 11.3 Å². The van der Waals surface area contributed by atoms with Crippen molar-refractivity contribution in [2.75, 3.05) is 0 Å². The number of nitrogens with one attached hydrogen (secondary N) is 1. The predicted octanol–water partition coefficient (Wildman–Crippen LogP) is 4.17. The first kappa shape index (κ1) is 16.2. The molecule has 0 radical (unpaired) electrons. The molecule has 1 atom stereocenters. The normalized spacial score (nSPS) is 13.0. The highest BCUT2D eigenvalue weighted by molar-refractivity contribution is 7.11. The van der Waals surface area contributed by atoms with Crippen LogP contribution < -0.4 is 5.32 Å². The first-order valence-corrected chi connectivity index (χ1v) is 8.58. The van der Waals surface area contributed by atoms with Gasteiger partial charge in [-0.1, -0.05) is 13.8 Å². The molecule has 21 heavy (non-hydrogen) atoms. The molecule has 0 fully saturated rings. The molecule has 0 aliphatic carbocycles. The zero-order chi connectivity index (χ0) is 15.4. The Morgan fingerprint density at radius 2 is 2.00 bits per heavy atom. The van der Waals surface area contributed by atoms with Crippen molar-refractivity contribution in [3.05, 3.63) is 33.5 Å². The van der Waals surface area contributed by atoms with Gasteiger partial charge in [0.1, 0.15) is 0 Å². The molecule has 0 saturated carbocycles. The number of rotatable bonds is 7. The molecular formula is C16H26N4S. The summed E-state index contributed by atoms with van der Waals surface area (Å²) < 4.78 is 2.10. The van der Waals surface area contributed by atoms with E-state index in [2.05, 4.69) is 67.0 Å². The first-order valence-electron chi connectivity index (χ1n) is 7.76. The number of thiazole rings is 1. The van der Waals surface area contributed by atoms with Crippen LogP contribution in [0.1, 0.15) is 67.0 Å². The van der Waals surface area contributed by atoms with E-state index in [9.17, 15) is 0 Å². The smallest absolute Gasteiger partial charge is 0.0900 e. The van der Waals surface area contributed by atoms with Crippen LogP contribution in [0, 0.1) is 13.8 Å². The van der Waals surface area contributed by atoms with Crippen molar-refractivity contribution in [2.45, 2.75) is 66.1 Å². The molecule has 0 aromatic carbocycles. The molecule has 1 unspecified atom stereocenters. The first-order chi connectivity index (χ1) is 10.0. The maximum Gasteiger partial charge on any atom is 0.0900 e. The van der Waals surface area contributed by atoms with E-state index in [4.69, 9.17) is 0 Å². The predicted molar refractivity (Wildman–Crippen MR) is 88.7 cm³/mol. The van der Waals surface area contributed by atoms with Gasteiger partial charge in [0.2, 0.25) is 0 Å². The van der Waals surface area contributed by atoms with Gasteiger partial charge in [0.05, 0.1) is 22.4 Å². The van der Waals surface area contributed by atoms with E-state index >= 15 is 0 Å². The van der Waals surface area contributed by atoms with Gasteiger partial charge in [-0.3, -0.25) is 4.68 Å². The summed E-state index contributed by atoms with van der Waals surface area (Å²) in [6.07, 6.45) is 4.35. The van der Waals surface area contributed by atoms with E-state index in [1.807, 2.05) is 0 Å². The topological polar surface area (TPSA) is 42.7 Å². The van der Waals surface area contributed by atoms with Crippen LogP contribution in [0.3, 0.4) is 0 Å². The molecule has 116 valence electrons. The molecule has 0 aliphatic rings. The van der Waals surface area contributed by atoms with E-state index in [0.717, 1.165) is 35.8 Å². The van der Waals surface area contributed by atoms with Crippen LogP contribution in [0.15, 0.2) is 12.3 Å². The van der Waals surface area contributed by atoms with Gasteiger partial charge < -0.3 is 5.32 Å². The van der Waals surface area contributed by atoms with Crippen molar-refractivity contribution >= 4 is 11.3 Å². The van der Waals surface area contributed by atoms with Gasteiger partial charge in [-0.05, 0) is 39.7 Å². The third kappa shape index (κ3) is 3.92. The Kier molecular flexibility index (Phi) is 5.53. The van der Waals surface area contributed by atoms with Gasteiger partial charge in [-0.15, -0.1) is 11.3 Å². The number of nitrogens with zero attached hydrogens (tertiary/aromatic N) is 3. The number of aromatic nitrogens is 3. The lowest BCUT2D eigenvalue weighted by molar-refractivity contribution is 0.423. The summed E-state index contributed by atoms with van der Waals surface area (Å²) in [6, 6.07) is 2.94. The summed E-state index contributed by atoms with van der Waals surface area (Å²) >= 11 is 1.78. The summed E-state index contributed by atoms with van der Waals surface area (Å²) in [5, 5.41) is 9.37. The van der Waals surface area contributed by atoms with Crippen molar-refractivity contribution < 1.29 is 0 Å². The largest absolute Gasteiger partial charge is 0.304 e. The second-order valence-corrected chi connectivity index (χ2v) is 6.78. The Morgan fingerprint density at radius 3 is 2.57 bits per heavy atom. The van der Waals surface area contributed by atoms with Crippen molar-refractivity contribution in [3.63, 3.8) is 0 Å². The minimum atomic E-state index is 0.314. The standard InChI is InChI=1S/C16H26N4S/c1-6-15(7-2)20-9-8-14(19-20)10-17-11(3)16-12(4)18-13(5)21-16/h8-9,11,15,17H,6-7,10H2,1-5H3. The van der Waals surface area contributed by atoms with E-state index in [0.29, 0.717) is 12.1 Å². The Bertz CT molecular complexity index is 569. The number of hydrogen-bond donors (Lipinski definition) is 1.